The normalized spacial score (nSPS) is 11.9. The molecule has 1 unspecified atom stereocenters. The lowest BCUT2D eigenvalue weighted by atomic mass is 10.1. The van der Waals surface area contributed by atoms with Crippen LogP contribution in [0.15, 0.2) is 108 Å². The van der Waals surface area contributed by atoms with Gasteiger partial charge in [-0.15, -0.1) is 11.8 Å². The van der Waals surface area contributed by atoms with Crippen LogP contribution in [0.25, 0.3) is 6.08 Å². The third-order valence-electron chi connectivity index (χ3n) is 6.28. The van der Waals surface area contributed by atoms with Crippen LogP contribution in [0.3, 0.4) is 0 Å². The second kappa shape index (κ2) is 13.6. The highest BCUT2D eigenvalue weighted by atomic mass is 32.2. The molecular weight excluding hydrogens is 530 g/mol. The van der Waals surface area contributed by atoms with Gasteiger partial charge in [-0.05, 0) is 98.5 Å². The summed E-state index contributed by atoms with van der Waals surface area (Å²) in [5.41, 5.74) is 5.84. The fourth-order valence-electron chi connectivity index (χ4n) is 4.24. The summed E-state index contributed by atoms with van der Waals surface area (Å²) < 4.78 is 0. The van der Waals surface area contributed by atoms with Gasteiger partial charge in [0, 0.05) is 21.8 Å². The Labute approximate surface area is 245 Å². The van der Waals surface area contributed by atoms with Crippen molar-refractivity contribution in [2.75, 3.05) is 10.6 Å². The van der Waals surface area contributed by atoms with Gasteiger partial charge in [0.25, 0.3) is 11.8 Å². The Kier molecular flexibility index (Phi) is 9.77. The van der Waals surface area contributed by atoms with E-state index in [1.165, 1.54) is 11.8 Å². The molecule has 3 amide bonds. The molecule has 1 atom stereocenters. The lowest BCUT2D eigenvalue weighted by Gasteiger charge is -2.15. The van der Waals surface area contributed by atoms with Crippen LogP contribution in [-0.2, 0) is 9.59 Å². The molecule has 0 aromatic heterocycles. The van der Waals surface area contributed by atoms with Gasteiger partial charge in [0.1, 0.15) is 5.70 Å². The maximum Gasteiger partial charge on any atom is 0.272 e. The van der Waals surface area contributed by atoms with E-state index in [4.69, 9.17) is 0 Å². The smallest absolute Gasteiger partial charge is 0.272 e. The maximum atomic E-state index is 13.4. The Morgan fingerprint density at radius 3 is 2.12 bits per heavy atom. The van der Waals surface area contributed by atoms with Gasteiger partial charge in [0.05, 0.1) is 5.25 Å². The number of aryl methyl sites for hydroxylation is 3. The molecule has 0 spiro atoms. The average Bonchev–Trinajstić information content (AvgIpc) is 2.93. The topological polar surface area (TPSA) is 87.3 Å². The molecule has 4 aromatic rings. The van der Waals surface area contributed by atoms with E-state index in [-0.39, 0.29) is 22.8 Å². The van der Waals surface area contributed by atoms with E-state index >= 15 is 0 Å². The molecule has 7 heteroatoms. The minimum Gasteiger partial charge on any atom is -0.325 e. The van der Waals surface area contributed by atoms with Gasteiger partial charge < -0.3 is 16.0 Å². The zero-order valence-electron chi connectivity index (χ0n) is 23.5. The number of carbonyl (C=O) groups is 3. The summed E-state index contributed by atoms with van der Waals surface area (Å²) in [5.74, 6) is -0.949. The highest BCUT2D eigenvalue weighted by Crippen LogP contribution is 2.27. The third kappa shape index (κ3) is 8.43. The molecule has 4 rings (SSSR count). The number of carbonyl (C=O) groups excluding carboxylic acids is 3. The minimum atomic E-state index is -0.458. The first-order valence-corrected chi connectivity index (χ1v) is 14.2. The number of benzene rings is 4. The van der Waals surface area contributed by atoms with E-state index in [2.05, 4.69) is 22.0 Å². The highest BCUT2D eigenvalue weighted by molar-refractivity contribution is 8.00. The van der Waals surface area contributed by atoms with Gasteiger partial charge in [0.15, 0.2) is 0 Å². The largest absolute Gasteiger partial charge is 0.325 e. The molecule has 0 aliphatic carbocycles. The second-order valence-corrected chi connectivity index (χ2v) is 11.3. The molecule has 0 bridgehead atoms. The van der Waals surface area contributed by atoms with E-state index in [9.17, 15) is 14.4 Å². The number of thioether (sulfide) groups is 1. The lowest BCUT2D eigenvalue weighted by Crippen LogP contribution is -2.30. The Bertz CT molecular complexity index is 1580. The first-order chi connectivity index (χ1) is 19.7. The van der Waals surface area contributed by atoms with Crippen molar-refractivity contribution in [3.8, 4) is 0 Å². The molecule has 41 heavy (non-hydrogen) atoms. The van der Waals surface area contributed by atoms with Crippen molar-refractivity contribution in [2.24, 2.45) is 0 Å². The van der Waals surface area contributed by atoms with E-state index in [1.807, 2.05) is 88.4 Å². The number of hydrogen-bond acceptors (Lipinski definition) is 4. The summed E-state index contributed by atoms with van der Waals surface area (Å²) in [5, 5.41) is 8.29. The van der Waals surface area contributed by atoms with Crippen LogP contribution in [-0.4, -0.2) is 23.0 Å². The molecular formula is C34H33N3O3S. The minimum absolute atomic E-state index is 0.110. The van der Waals surface area contributed by atoms with Crippen LogP contribution in [0.5, 0.6) is 0 Å². The Morgan fingerprint density at radius 1 is 0.732 bits per heavy atom. The molecule has 0 saturated carbocycles. The molecule has 208 valence electrons. The predicted molar refractivity (Wildman–Crippen MR) is 168 cm³/mol. The van der Waals surface area contributed by atoms with Crippen molar-refractivity contribution in [1.29, 1.82) is 0 Å². The SMILES string of the molecule is Cc1cc(C)cc(NC(=O)C(C)Sc2cccc(NC(=O)/C(=C/c3ccccc3C)NC(=O)c3ccccc3)c2)c1. The first-order valence-electron chi connectivity index (χ1n) is 13.3. The summed E-state index contributed by atoms with van der Waals surface area (Å²) in [6.45, 7) is 7.78. The monoisotopic (exact) mass is 563 g/mol. The second-order valence-electron chi connectivity index (χ2n) is 9.84. The molecule has 0 fully saturated rings. The Morgan fingerprint density at radius 2 is 1.41 bits per heavy atom. The molecule has 3 N–H and O–H groups in total. The Hall–Kier alpha value is -4.62. The zero-order valence-corrected chi connectivity index (χ0v) is 24.3. The molecule has 0 aliphatic heterocycles. The van der Waals surface area contributed by atoms with Crippen molar-refractivity contribution in [2.45, 2.75) is 37.8 Å². The highest BCUT2D eigenvalue weighted by Gasteiger charge is 2.18. The van der Waals surface area contributed by atoms with Gasteiger partial charge >= 0.3 is 0 Å². The quantitative estimate of drug-likeness (QED) is 0.149. The zero-order chi connectivity index (χ0) is 29.4. The number of anilines is 2. The molecule has 0 radical (unpaired) electrons. The van der Waals surface area contributed by atoms with Crippen LogP contribution < -0.4 is 16.0 Å². The van der Waals surface area contributed by atoms with Crippen molar-refractivity contribution in [3.05, 3.63) is 131 Å². The van der Waals surface area contributed by atoms with Gasteiger partial charge in [-0.1, -0.05) is 54.6 Å². The van der Waals surface area contributed by atoms with E-state index < -0.39 is 5.91 Å². The molecule has 0 aliphatic rings. The van der Waals surface area contributed by atoms with Crippen molar-refractivity contribution in [1.82, 2.24) is 5.32 Å². The third-order valence-corrected chi connectivity index (χ3v) is 7.37. The van der Waals surface area contributed by atoms with Crippen LogP contribution in [0.4, 0.5) is 11.4 Å². The van der Waals surface area contributed by atoms with E-state index in [0.717, 1.165) is 32.8 Å². The van der Waals surface area contributed by atoms with Gasteiger partial charge in [-0.25, -0.2) is 0 Å². The first kappa shape index (κ1) is 29.4. The number of amides is 3. The molecule has 0 saturated heterocycles. The van der Waals surface area contributed by atoms with Gasteiger partial charge in [0.2, 0.25) is 5.91 Å². The number of nitrogens with one attached hydrogen (secondary N) is 3. The summed E-state index contributed by atoms with van der Waals surface area (Å²) in [6.07, 6.45) is 1.67. The summed E-state index contributed by atoms with van der Waals surface area (Å²) >= 11 is 1.39. The van der Waals surface area contributed by atoms with E-state index in [1.54, 1.807) is 36.4 Å². The van der Waals surface area contributed by atoms with Crippen molar-refractivity contribution < 1.29 is 14.4 Å². The van der Waals surface area contributed by atoms with Crippen LogP contribution in [0.1, 0.15) is 39.5 Å². The lowest BCUT2D eigenvalue weighted by molar-refractivity contribution is -0.115. The van der Waals surface area contributed by atoms with Gasteiger partial charge in [-0.2, -0.15) is 0 Å². The van der Waals surface area contributed by atoms with Crippen LogP contribution in [0.2, 0.25) is 0 Å². The fraction of sp³-hybridized carbons (Fsp3) is 0.147. The number of rotatable bonds is 9. The van der Waals surface area contributed by atoms with Crippen molar-refractivity contribution in [3.63, 3.8) is 0 Å². The van der Waals surface area contributed by atoms with E-state index in [0.29, 0.717) is 11.3 Å². The maximum absolute atomic E-state index is 13.4. The summed E-state index contributed by atoms with van der Waals surface area (Å²) in [6, 6.07) is 29.6. The fourth-order valence-corrected chi connectivity index (χ4v) is 5.17. The van der Waals surface area contributed by atoms with Gasteiger partial charge in [-0.3, -0.25) is 14.4 Å². The molecule has 4 aromatic carbocycles. The predicted octanol–water partition coefficient (Wildman–Crippen LogP) is 7.14. The number of hydrogen-bond donors (Lipinski definition) is 3. The van der Waals surface area contributed by atoms with Crippen molar-refractivity contribution >= 4 is 46.9 Å². The molecule has 6 nitrogen and oxygen atoms in total. The van der Waals surface area contributed by atoms with Crippen LogP contribution in [0, 0.1) is 20.8 Å². The molecule has 0 heterocycles. The average molecular weight is 564 g/mol. The Balaban J connectivity index is 1.48. The summed E-state index contributed by atoms with van der Waals surface area (Å²) in [7, 11) is 0. The standard InChI is InChI=1S/C34H33N3O3S/c1-22-17-23(2)19-29(18-22)36-32(38)25(4)41-30-16-10-15-28(21-30)35-34(40)31(20-27-14-9-8-11-24(27)3)37-33(39)26-12-6-5-7-13-26/h5-21,25H,1-4H3,(H,35,40)(H,36,38)(H,37,39)/b31-20-. The summed E-state index contributed by atoms with van der Waals surface area (Å²) in [4.78, 5) is 40.0. The van der Waals surface area contributed by atoms with Crippen LogP contribution >= 0.6 is 11.8 Å².